The van der Waals surface area contributed by atoms with Crippen LogP contribution in [0.5, 0.6) is 5.75 Å². The lowest BCUT2D eigenvalue weighted by Gasteiger charge is -2.35. The smallest absolute Gasteiger partial charge is 0.255 e. The van der Waals surface area contributed by atoms with Crippen LogP contribution < -0.4 is 4.74 Å². The summed E-state index contributed by atoms with van der Waals surface area (Å²) in [7, 11) is 1.64. The van der Waals surface area contributed by atoms with E-state index in [1.807, 2.05) is 118 Å². The van der Waals surface area contributed by atoms with Gasteiger partial charge in [-0.1, -0.05) is 66.2 Å². The standard InChI is InChI=1S/C36H32ClN3O3/c1-25-31(24-34(28-16-18-30(43-2)19-17-28)40(25)33-11-7-6-10-32(33)37)36(42)39-22-20-38(21-23-39)35(41)29-14-12-27(13-15-29)26-8-4-3-5-9-26/h3-19,24H,20-23H2,1-2H3. The number of rotatable bonds is 6. The van der Waals surface area contributed by atoms with E-state index < -0.39 is 0 Å². The van der Waals surface area contributed by atoms with Crippen LogP contribution >= 0.6 is 11.6 Å². The molecule has 1 fully saturated rings. The third-order valence-electron chi connectivity index (χ3n) is 8.05. The van der Waals surface area contributed by atoms with Crippen LogP contribution in [0.2, 0.25) is 5.02 Å². The summed E-state index contributed by atoms with van der Waals surface area (Å²) in [6.07, 6.45) is 0. The van der Waals surface area contributed by atoms with E-state index in [4.69, 9.17) is 16.3 Å². The molecule has 6 nitrogen and oxygen atoms in total. The van der Waals surface area contributed by atoms with Crippen molar-refractivity contribution in [3.63, 3.8) is 0 Å². The molecule has 1 aliphatic rings. The van der Waals surface area contributed by atoms with Crippen LogP contribution in [-0.4, -0.2) is 59.5 Å². The summed E-state index contributed by atoms with van der Waals surface area (Å²) in [5.41, 5.74) is 6.86. The summed E-state index contributed by atoms with van der Waals surface area (Å²) in [6.45, 7) is 3.81. The number of halogens is 1. The van der Waals surface area contributed by atoms with E-state index in [2.05, 4.69) is 12.1 Å². The van der Waals surface area contributed by atoms with Crippen molar-refractivity contribution in [3.05, 3.63) is 131 Å². The second-order valence-corrected chi connectivity index (χ2v) is 11.0. The van der Waals surface area contributed by atoms with E-state index in [0.717, 1.165) is 39.5 Å². The van der Waals surface area contributed by atoms with Crippen LogP contribution in [0.4, 0.5) is 0 Å². The number of methoxy groups -OCH3 is 1. The van der Waals surface area contributed by atoms with Gasteiger partial charge in [-0.05, 0) is 78.2 Å². The molecule has 0 atom stereocenters. The Morgan fingerprint density at radius 1 is 0.674 bits per heavy atom. The minimum Gasteiger partial charge on any atom is -0.497 e. The normalized spacial score (nSPS) is 13.2. The molecular weight excluding hydrogens is 558 g/mol. The van der Waals surface area contributed by atoms with E-state index in [9.17, 15) is 9.59 Å². The summed E-state index contributed by atoms with van der Waals surface area (Å²) in [6, 6.07) is 35.1. The molecule has 0 unspecified atom stereocenters. The van der Waals surface area contributed by atoms with E-state index >= 15 is 0 Å². The van der Waals surface area contributed by atoms with E-state index in [0.29, 0.717) is 42.3 Å². The Bertz CT molecular complexity index is 1750. The molecule has 0 saturated carbocycles. The van der Waals surface area contributed by atoms with Crippen molar-refractivity contribution < 1.29 is 14.3 Å². The molecule has 1 saturated heterocycles. The number of ether oxygens (including phenoxy) is 1. The van der Waals surface area contributed by atoms with Crippen molar-refractivity contribution in [1.29, 1.82) is 0 Å². The molecule has 6 rings (SSSR count). The summed E-state index contributed by atoms with van der Waals surface area (Å²) in [4.78, 5) is 30.9. The Kier molecular flexibility index (Phi) is 8.03. The molecule has 216 valence electrons. The van der Waals surface area contributed by atoms with Crippen LogP contribution in [0.15, 0.2) is 109 Å². The van der Waals surface area contributed by atoms with Gasteiger partial charge in [0.05, 0.1) is 29.1 Å². The lowest BCUT2D eigenvalue weighted by Crippen LogP contribution is -2.50. The van der Waals surface area contributed by atoms with Crippen LogP contribution in [0.25, 0.3) is 28.1 Å². The molecule has 0 spiro atoms. The molecule has 1 aliphatic heterocycles. The predicted octanol–water partition coefficient (Wildman–Crippen LogP) is 7.38. The Balaban J connectivity index is 1.21. The van der Waals surface area contributed by atoms with Crippen LogP contribution in [0.3, 0.4) is 0 Å². The summed E-state index contributed by atoms with van der Waals surface area (Å²) in [5, 5.41) is 0.596. The Hall–Kier alpha value is -4.81. The minimum absolute atomic E-state index is 0.0189. The highest BCUT2D eigenvalue weighted by molar-refractivity contribution is 6.32. The third kappa shape index (κ3) is 5.66. The monoisotopic (exact) mass is 589 g/mol. The molecule has 4 aromatic carbocycles. The van der Waals surface area contributed by atoms with Gasteiger partial charge in [0.1, 0.15) is 5.75 Å². The maximum atomic E-state index is 13.9. The maximum Gasteiger partial charge on any atom is 0.255 e. The number of aromatic nitrogens is 1. The summed E-state index contributed by atoms with van der Waals surface area (Å²) < 4.78 is 7.38. The molecule has 0 N–H and O–H groups in total. The van der Waals surface area contributed by atoms with Gasteiger partial charge < -0.3 is 19.1 Å². The van der Waals surface area contributed by atoms with Gasteiger partial charge in [0.2, 0.25) is 0 Å². The number of piperazine rings is 1. The lowest BCUT2D eigenvalue weighted by molar-refractivity contribution is 0.0535. The van der Waals surface area contributed by atoms with Crippen molar-refractivity contribution in [3.8, 4) is 33.8 Å². The van der Waals surface area contributed by atoms with Gasteiger partial charge in [-0.15, -0.1) is 0 Å². The van der Waals surface area contributed by atoms with Gasteiger partial charge in [0.15, 0.2) is 0 Å². The number of carbonyl (C=O) groups is 2. The highest BCUT2D eigenvalue weighted by atomic mass is 35.5. The first-order valence-corrected chi connectivity index (χ1v) is 14.7. The highest BCUT2D eigenvalue weighted by Gasteiger charge is 2.29. The first-order chi connectivity index (χ1) is 20.9. The third-order valence-corrected chi connectivity index (χ3v) is 8.37. The zero-order chi connectivity index (χ0) is 29.9. The fourth-order valence-electron chi connectivity index (χ4n) is 5.64. The van der Waals surface area contributed by atoms with Crippen molar-refractivity contribution in [1.82, 2.24) is 14.4 Å². The maximum absolute atomic E-state index is 13.9. The molecule has 0 radical (unpaired) electrons. The second-order valence-electron chi connectivity index (χ2n) is 10.6. The van der Waals surface area contributed by atoms with Crippen molar-refractivity contribution in [2.75, 3.05) is 33.3 Å². The number of hydrogen-bond donors (Lipinski definition) is 0. The Labute approximate surface area is 256 Å². The van der Waals surface area contributed by atoms with Crippen molar-refractivity contribution in [2.24, 2.45) is 0 Å². The van der Waals surface area contributed by atoms with Crippen LogP contribution in [-0.2, 0) is 0 Å². The van der Waals surface area contributed by atoms with Gasteiger partial charge in [-0.3, -0.25) is 9.59 Å². The van der Waals surface area contributed by atoms with Gasteiger partial charge in [0.25, 0.3) is 11.8 Å². The lowest BCUT2D eigenvalue weighted by atomic mass is 10.0. The van der Waals surface area contributed by atoms with Crippen molar-refractivity contribution in [2.45, 2.75) is 6.92 Å². The number of nitrogens with zero attached hydrogens (tertiary/aromatic N) is 3. The number of hydrogen-bond acceptors (Lipinski definition) is 3. The Morgan fingerprint density at radius 3 is 1.86 bits per heavy atom. The van der Waals surface area contributed by atoms with Gasteiger partial charge in [-0.2, -0.15) is 0 Å². The molecule has 43 heavy (non-hydrogen) atoms. The number of benzene rings is 4. The molecule has 0 aliphatic carbocycles. The van der Waals surface area contributed by atoms with E-state index in [1.165, 1.54) is 0 Å². The van der Waals surface area contributed by atoms with Crippen LogP contribution in [0, 0.1) is 6.92 Å². The van der Waals surface area contributed by atoms with Crippen molar-refractivity contribution >= 4 is 23.4 Å². The van der Waals surface area contributed by atoms with Gasteiger partial charge in [-0.25, -0.2) is 0 Å². The highest BCUT2D eigenvalue weighted by Crippen LogP contribution is 2.34. The molecule has 2 heterocycles. The molecule has 5 aromatic rings. The zero-order valence-electron chi connectivity index (χ0n) is 24.2. The van der Waals surface area contributed by atoms with Gasteiger partial charge in [0, 0.05) is 37.4 Å². The number of amides is 2. The zero-order valence-corrected chi connectivity index (χ0v) is 24.9. The van der Waals surface area contributed by atoms with E-state index in [1.54, 1.807) is 7.11 Å². The van der Waals surface area contributed by atoms with E-state index in [-0.39, 0.29) is 11.8 Å². The van der Waals surface area contributed by atoms with Gasteiger partial charge >= 0.3 is 0 Å². The molecule has 0 bridgehead atoms. The number of carbonyl (C=O) groups excluding carboxylic acids is 2. The average Bonchev–Trinajstić information content (AvgIpc) is 3.41. The average molecular weight is 590 g/mol. The fourth-order valence-corrected chi connectivity index (χ4v) is 5.86. The predicted molar refractivity (Wildman–Crippen MR) is 171 cm³/mol. The fraction of sp³-hybridized carbons (Fsp3) is 0.167. The summed E-state index contributed by atoms with van der Waals surface area (Å²) in [5.74, 6) is 0.680. The quantitative estimate of drug-likeness (QED) is 0.208. The second kappa shape index (κ2) is 12.2. The molecule has 1 aromatic heterocycles. The first-order valence-electron chi connectivity index (χ1n) is 14.3. The topological polar surface area (TPSA) is 54.8 Å². The Morgan fingerprint density at radius 2 is 1.23 bits per heavy atom. The number of para-hydroxylation sites is 1. The molecule has 7 heteroatoms. The van der Waals surface area contributed by atoms with Crippen LogP contribution in [0.1, 0.15) is 26.4 Å². The summed E-state index contributed by atoms with van der Waals surface area (Å²) >= 11 is 6.64. The SMILES string of the molecule is COc1ccc(-c2cc(C(=O)N3CCN(C(=O)c4ccc(-c5ccccc5)cc4)CC3)c(C)n2-c2ccccc2Cl)cc1. The molecular formula is C36H32ClN3O3. The first kappa shape index (κ1) is 28.3. The largest absolute Gasteiger partial charge is 0.497 e. The minimum atomic E-state index is -0.0580. The molecule has 2 amide bonds.